The molecule has 3 rings (SSSR count). The number of hydrogen-bond donors (Lipinski definition) is 0. The molecule has 0 aliphatic heterocycles. The minimum absolute atomic E-state index is 0.453. The topological polar surface area (TPSA) is 3.24 Å². The van der Waals surface area contributed by atoms with Crippen molar-refractivity contribution >= 4 is 18.2 Å². The number of nitrogens with zero attached hydrogens (tertiary/aromatic N) is 1. The highest BCUT2D eigenvalue weighted by molar-refractivity contribution is 5.70. The van der Waals surface area contributed by atoms with Gasteiger partial charge in [0.1, 0.15) is 0 Å². The predicted molar refractivity (Wildman–Crippen MR) is 161 cm³/mol. The van der Waals surface area contributed by atoms with Crippen molar-refractivity contribution in [1.29, 1.82) is 0 Å². The Morgan fingerprint density at radius 1 is 0.917 bits per heavy atom. The second-order valence-corrected chi connectivity index (χ2v) is 9.64. The maximum atomic E-state index is 4.39. The zero-order valence-corrected chi connectivity index (χ0v) is 23.6. The average molecular weight is 480 g/mol. The first-order valence-corrected chi connectivity index (χ1v) is 13.3. The summed E-state index contributed by atoms with van der Waals surface area (Å²) < 4.78 is 0. The Balaban J connectivity index is 0.00000222. The molecular weight excluding hydrogens is 434 g/mol. The van der Waals surface area contributed by atoms with Gasteiger partial charge < -0.3 is 4.90 Å². The van der Waals surface area contributed by atoms with Crippen molar-refractivity contribution in [2.45, 2.75) is 60.9 Å². The lowest BCUT2D eigenvalue weighted by atomic mass is 9.87. The molecule has 190 valence electrons. The van der Waals surface area contributed by atoms with Crippen LogP contribution >= 0.6 is 0 Å². The van der Waals surface area contributed by atoms with Gasteiger partial charge >= 0.3 is 0 Å². The molecule has 1 heteroatoms. The second-order valence-electron chi connectivity index (χ2n) is 9.64. The zero-order chi connectivity index (χ0) is 26.7. The number of aryl methyl sites for hydroxylation is 3. The van der Waals surface area contributed by atoms with Gasteiger partial charge in [0.15, 0.2) is 0 Å². The normalized spacial score (nSPS) is 11.8. The monoisotopic (exact) mass is 479 g/mol. The Bertz CT molecular complexity index is 1280. The van der Waals surface area contributed by atoms with Crippen LogP contribution in [0.4, 0.5) is 0 Å². The van der Waals surface area contributed by atoms with Crippen LogP contribution in [0.2, 0.25) is 0 Å². The van der Waals surface area contributed by atoms with E-state index >= 15 is 0 Å². The Morgan fingerprint density at radius 2 is 1.58 bits per heavy atom. The molecule has 1 nitrogen and oxygen atoms in total. The molecular formula is C35H45N. The summed E-state index contributed by atoms with van der Waals surface area (Å²) in [4.78, 5) is 2.30. The van der Waals surface area contributed by atoms with E-state index in [1.807, 2.05) is 26.0 Å². The Kier molecular flexibility index (Phi) is 11.5. The van der Waals surface area contributed by atoms with Crippen LogP contribution in [0, 0.1) is 12.8 Å². The lowest BCUT2D eigenvalue weighted by Crippen LogP contribution is -2.21. The van der Waals surface area contributed by atoms with Gasteiger partial charge in [0.05, 0.1) is 0 Å². The van der Waals surface area contributed by atoms with E-state index in [0.29, 0.717) is 5.92 Å². The lowest BCUT2D eigenvalue weighted by Gasteiger charge is -2.20. The molecule has 0 radical (unpaired) electrons. The van der Waals surface area contributed by atoms with Crippen LogP contribution in [0.3, 0.4) is 0 Å². The molecule has 0 atom stereocenters. The summed E-state index contributed by atoms with van der Waals surface area (Å²) in [6.45, 7) is 22.2. The molecule has 0 aromatic heterocycles. The summed E-state index contributed by atoms with van der Waals surface area (Å²) in [7, 11) is 2.15. The van der Waals surface area contributed by atoms with Crippen molar-refractivity contribution in [3.05, 3.63) is 123 Å². The van der Waals surface area contributed by atoms with Crippen LogP contribution in [0.1, 0.15) is 62.4 Å². The fraction of sp³-hybridized carbons (Fsp3) is 0.314. The van der Waals surface area contributed by atoms with Gasteiger partial charge in [-0.15, -0.1) is 0 Å². The van der Waals surface area contributed by atoms with E-state index in [1.54, 1.807) is 0 Å². The number of rotatable bonds is 9. The Labute approximate surface area is 220 Å². The summed E-state index contributed by atoms with van der Waals surface area (Å²) >= 11 is 0. The molecule has 0 bridgehead atoms. The molecule has 0 N–H and O–H groups in total. The van der Waals surface area contributed by atoms with Gasteiger partial charge in [0.2, 0.25) is 0 Å². The third kappa shape index (κ3) is 8.12. The molecule has 3 aromatic rings. The summed E-state index contributed by atoms with van der Waals surface area (Å²) in [5.41, 5.74) is 9.27. The van der Waals surface area contributed by atoms with Gasteiger partial charge in [0.25, 0.3) is 0 Å². The predicted octanol–water partition coefficient (Wildman–Crippen LogP) is 7.70. The van der Waals surface area contributed by atoms with Crippen LogP contribution < -0.4 is 10.4 Å². The molecule has 3 aromatic carbocycles. The summed E-state index contributed by atoms with van der Waals surface area (Å²) in [6.07, 6.45) is 6.38. The van der Waals surface area contributed by atoms with Crippen molar-refractivity contribution in [1.82, 2.24) is 4.90 Å². The SMILES string of the molecule is C=C(c1c(C)cccc1CCc1cccc(CN(C)/C(C)=C/C=c2/ccccc2=C)c1)C(C)C.CC. The van der Waals surface area contributed by atoms with Gasteiger partial charge in [-0.3, -0.25) is 0 Å². The van der Waals surface area contributed by atoms with Crippen molar-refractivity contribution in [3.63, 3.8) is 0 Å². The quantitative estimate of drug-likeness (QED) is 0.304. The lowest BCUT2D eigenvalue weighted by molar-refractivity contribution is 0.413. The fourth-order valence-electron chi connectivity index (χ4n) is 4.28. The maximum Gasteiger partial charge on any atom is 0.0423 e. The molecule has 0 aliphatic carbocycles. The first kappa shape index (κ1) is 28.9. The molecule has 0 spiro atoms. The van der Waals surface area contributed by atoms with Crippen LogP contribution in [0.15, 0.2) is 85.1 Å². The van der Waals surface area contributed by atoms with Crippen molar-refractivity contribution < 1.29 is 0 Å². The first-order valence-electron chi connectivity index (χ1n) is 13.3. The summed E-state index contributed by atoms with van der Waals surface area (Å²) in [5, 5.41) is 2.21. The van der Waals surface area contributed by atoms with Crippen LogP contribution in [-0.2, 0) is 19.4 Å². The molecule has 0 saturated carbocycles. The van der Waals surface area contributed by atoms with E-state index < -0.39 is 0 Å². The third-order valence-corrected chi connectivity index (χ3v) is 6.63. The minimum atomic E-state index is 0.453. The van der Waals surface area contributed by atoms with Gasteiger partial charge in [-0.05, 0) is 82.5 Å². The van der Waals surface area contributed by atoms with Crippen molar-refractivity contribution in [2.75, 3.05) is 7.05 Å². The molecule has 0 unspecified atom stereocenters. The molecule has 0 fully saturated rings. The molecule has 0 aliphatic rings. The second kappa shape index (κ2) is 14.3. The van der Waals surface area contributed by atoms with Gasteiger partial charge in [-0.25, -0.2) is 0 Å². The van der Waals surface area contributed by atoms with Gasteiger partial charge in [-0.2, -0.15) is 0 Å². The summed E-state index contributed by atoms with van der Waals surface area (Å²) in [6, 6.07) is 23.9. The minimum Gasteiger partial charge on any atom is -0.374 e. The molecule has 0 heterocycles. The standard InChI is InChI=1S/C33H39N.C2H6/c1-24(2)28(6)33-26(4)13-10-17-32(33)21-19-29-14-11-15-30(22-29)23-34(7)27(5)18-20-31-16-9-8-12-25(31)3;1-2/h8-18,20,22,24H,3,6,19,21,23H2,1-2,4-5,7H3;1-2H3/b27-18+,31-20-;. The number of hydrogen-bond acceptors (Lipinski definition) is 1. The van der Waals surface area contributed by atoms with E-state index in [9.17, 15) is 0 Å². The first-order chi connectivity index (χ1) is 17.3. The molecule has 0 saturated heterocycles. The fourth-order valence-corrected chi connectivity index (χ4v) is 4.28. The molecule has 36 heavy (non-hydrogen) atoms. The highest BCUT2D eigenvalue weighted by Crippen LogP contribution is 2.28. The van der Waals surface area contributed by atoms with Gasteiger partial charge in [0, 0.05) is 19.3 Å². The summed E-state index contributed by atoms with van der Waals surface area (Å²) in [5.74, 6) is 0.453. The van der Waals surface area contributed by atoms with E-state index in [1.165, 1.54) is 39.1 Å². The molecule has 0 amide bonds. The number of benzene rings is 3. The highest BCUT2D eigenvalue weighted by atomic mass is 15.1. The van der Waals surface area contributed by atoms with Crippen molar-refractivity contribution in [2.24, 2.45) is 5.92 Å². The van der Waals surface area contributed by atoms with Crippen LogP contribution in [0.25, 0.3) is 18.2 Å². The zero-order valence-electron chi connectivity index (χ0n) is 23.6. The van der Waals surface area contributed by atoms with Gasteiger partial charge in [-0.1, -0.05) is 114 Å². The largest absolute Gasteiger partial charge is 0.374 e. The van der Waals surface area contributed by atoms with Crippen LogP contribution in [0.5, 0.6) is 0 Å². The van der Waals surface area contributed by atoms with E-state index in [0.717, 1.165) is 29.8 Å². The third-order valence-electron chi connectivity index (χ3n) is 6.63. The van der Waals surface area contributed by atoms with Crippen molar-refractivity contribution in [3.8, 4) is 0 Å². The average Bonchev–Trinajstić information content (AvgIpc) is 2.87. The van der Waals surface area contributed by atoms with Crippen LogP contribution in [-0.4, -0.2) is 11.9 Å². The number of allylic oxidation sites excluding steroid dienone is 3. The highest BCUT2D eigenvalue weighted by Gasteiger charge is 2.12. The van der Waals surface area contributed by atoms with E-state index in [-0.39, 0.29) is 0 Å². The Hall–Kier alpha value is -3.32. The Morgan fingerprint density at radius 3 is 2.28 bits per heavy atom. The maximum absolute atomic E-state index is 4.39. The smallest absolute Gasteiger partial charge is 0.0423 e. The van der Waals surface area contributed by atoms with E-state index in [2.05, 4.69) is 120 Å². The van der Waals surface area contributed by atoms with E-state index in [4.69, 9.17) is 0 Å².